The summed E-state index contributed by atoms with van der Waals surface area (Å²) in [5, 5.41) is 2.96. The highest BCUT2D eigenvalue weighted by molar-refractivity contribution is 7.98. The molecule has 3 aromatic carbocycles. The van der Waals surface area contributed by atoms with E-state index in [1.165, 1.54) is 0 Å². The number of carbonyl (C=O) groups is 1. The monoisotopic (exact) mass is 349 g/mol. The molecule has 0 saturated carbocycles. The van der Waals surface area contributed by atoms with Crippen LogP contribution in [0.5, 0.6) is 5.75 Å². The van der Waals surface area contributed by atoms with Crippen molar-refractivity contribution in [2.45, 2.75) is 11.5 Å². The minimum absolute atomic E-state index is 0.147. The van der Waals surface area contributed by atoms with E-state index in [1.54, 1.807) is 23.9 Å². The molecule has 3 rings (SSSR count). The first-order valence-electron chi connectivity index (χ1n) is 7.97. The molecule has 0 radical (unpaired) electrons. The van der Waals surface area contributed by atoms with Crippen molar-refractivity contribution in [1.82, 2.24) is 0 Å². The number of para-hydroxylation sites is 1. The molecule has 1 N–H and O–H groups in total. The van der Waals surface area contributed by atoms with Crippen molar-refractivity contribution >= 4 is 23.4 Å². The summed E-state index contributed by atoms with van der Waals surface area (Å²) in [5.74, 6) is 0.529. The summed E-state index contributed by atoms with van der Waals surface area (Å²) < 4.78 is 5.79. The highest BCUT2D eigenvalue weighted by atomic mass is 32.2. The number of thioether (sulfide) groups is 1. The lowest BCUT2D eigenvalue weighted by molar-refractivity contribution is 0.102. The van der Waals surface area contributed by atoms with Crippen LogP contribution in [0.2, 0.25) is 0 Å². The summed E-state index contributed by atoms with van der Waals surface area (Å²) in [6.45, 7) is 0.473. The fourth-order valence-corrected chi connectivity index (χ4v) is 2.96. The third-order valence-electron chi connectivity index (χ3n) is 3.70. The molecule has 3 aromatic rings. The Balaban J connectivity index is 1.69. The zero-order valence-electron chi connectivity index (χ0n) is 13.9. The summed E-state index contributed by atoms with van der Waals surface area (Å²) in [4.78, 5) is 13.6. The molecule has 0 aromatic heterocycles. The lowest BCUT2D eigenvalue weighted by Gasteiger charge is -2.11. The van der Waals surface area contributed by atoms with Gasteiger partial charge in [-0.3, -0.25) is 4.79 Å². The molecule has 0 atom stereocenters. The molecule has 0 aliphatic heterocycles. The third-order valence-corrected chi connectivity index (χ3v) is 4.50. The highest BCUT2D eigenvalue weighted by Crippen LogP contribution is 2.25. The maximum atomic E-state index is 12.5. The van der Waals surface area contributed by atoms with E-state index in [0.717, 1.165) is 16.1 Å². The Morgan fingerprint density at radius 3 is 2.52 bits per heavy atom. The lowest BCUT2D eigenvalue weighted by Crippen LogP contribution is -2.12. The molecule has 0 heterocycles. The molecule has 0 aliphatic carbocycles. The Labute approximate surface area is 152 Å². The average molecular weight is 349 g/mol. The van der Waals surface area contributed by atoms with Crippen molar-refractivity contribution in [2.24, 2.45) is 0 Å². The number of anilines is 1. The number of carbonyl (C=O) groups excluding carboxylic acids is 1. The number of hydrogen-bond donors (Lipinski definition) is 1. The lowest BCUT2D eigenvalue weighted by atomic mass is 10.2. The fourth-order valence-electron chi connectivity index (χ4n) is 2.41. The third kappa shape index (κ3) is 4.64. The molecule has 4 heteroatoms. The summed E-state index contributed by atoms with van der Waals surface area (Å²) in [6.07, 6.45) is 1.99. The van der Waals surface area contributed by atoms with Crippen LogP contribution in [-0.2, 0) is 6.61 Å². The maximum Gasteiger partial charge on any atom is 0.255 e. The van der Waals surface area contributed by atoms with Crippen molar-refractivity contribution in [1.29, 1.82) is 0 Å². The van der Waals surface area contributed by atoms with E-state index < -0.39 is 0 Å². The Kier molecular flexibility index (Phi) is 5.75. The summed E-state index contributed by atoms with van der Waals surface area (Å²) >= 11 is 1.60. The summed E-state index contributed by atoms with van der Waals surface area (Å²) in [5.41, 5.74) is 2.48. The molecular weight excluding hydrogens is 330 g/mol. The first-order valence-corrected chi connectivity index (χ1v) is 9.20. The predicted octanol–water partition coefficient (Wildman–Crippen LogP) is 5.24. The molecule has 0 unspecified atom stereocenters. The Morgan fingerprint density at radius 2 is 1.72 bits per heavy atom. The van der Waals surface area contributed by atoms with Crippen LogP contribution in [0.3, 0.4) is 0 Å². The Hall–Kier alpha value is -2.72. The quantitative estimate of drug-likeness (QED) is 0.619. The van der Waals surface area contributed by atoms with Crippen LogP contribution in [0.25, 0.3) is 0 Å². The van der Waals surface area contributed by atoms with E-state index in [9.17, 15) is 4.79 Å². The van der Waals surface area contributed by atoms with E-state index >= 15 is 0 Å². The molecular formula is C21H19NO2S. The van der Waals surface area contributed by atoms with Gasteiger partial charge in [-0.1, -0.05) is 48.5 Å². The van der Waals surface area contributed by atoms with Gasteiger partial charge < -0.3 is 10.1 Å². The predicted molar refractivity (Wildman–Crippen MR) is 103 cm³/mol. The second-order valence-electron chi connectivity index (χ2n) is 5.46. The first-order chi connectivity index (χ1) is 12.3. The largest absolute Gasteiger partial charge is 0.489 e. The molecule has 25 heavy (non-hydrogen) atoms. The highest BCUT2D eigenvalue weighted by Gasteiger charge is 2.09. The number of nitrogens with one attached hydrogen (secondary N) is 1. The molecule has 3 nitrogen and oxygen atoms in total. The normalized spacial score (nSPS) is 10.3. The molecule has 0 bridgehead atoms. The van der Waals surface area contributed by atoms with Crippen molar-refractivity contribution < 1.29 is 9.53 Å². The van der Waals surface area contributed by atoms with Crippen molar-refractivity contribution in [3.63, 3.8) is 0 Å². The van der Waals surface area contributed by atoms with Gasteiger partial charge in [-0.05, 0) is 42.2 Å². The van der Waals surface area contributed by atoms with Crippen molar-refractivity contribution in [2.75, 3.05) is 11.6 Å². The number of amides is 1. The van der Waals surface area contributed by atoms with Gasteiger partial charge in [0.15, 0.2) is 0 Å². The SMILES string of the molecule is CSc1ccccc1NC(=O)c1cccc(OCc2ccccc2)c1. The molecule has 1 amide bonds. The summed E-state index contributed by atoms with van der Waals surface area (Å²) in [7, 11) is 0. The van der Waals surface area contributed by atoms with Gasteiger partial charge in [-0.2, -0.15) is 0 Å². The Bertz CT molecular complexity index is 849. The van der Waals surface area contributed by atoms with Crippen LogP contribution in [0.1, 0.15) is 15.9 Å². The van der Waals surface area contributed by atoms with E-state index in [0.29, 0.717) is 17.9 Å². The summed E-state index contributed by atoms with van der Waals surface area (Å²) in [6, 6.07) is 24.9. The minimum atomic E-state index is -0.147. The minimum Gasteiger partial charge on any atom is -0.489 e. The maximum absolute atomic E-state index is 12.5. The van der Waals surface area contributed by atoms with Gasteiger partial charge in [0.1, 0.15) is 12.4 Å². The van der Waals surface area contributed by atoms with Gasteiger partial charge >= 0.3 is 0 Å². The van der Waals surface area contributed by atoms with Gasteiger partial charge in [0.2, 0.25) is 0 Å². The number of benzene rings is 3. The first kappa shape index (κ1) is 17.1. The number of rotatable bonds is 6. The van der Waals surface area contributed by atoms with E-state index in [4.69, 9.17) is 4.74 Å². The van der Waals surface area contributed by atoms with Crippen LogP contribution >= 0.6 is 11.8 Å². The van der Waals surface area contributed by atoms with E-state index in [-0.39, 0.29) is 5.91 Å². The van der Waals surface area contributed by atoms with Crippen molar-refractivity contribution in [3.8, 4) is 5.75 Å². The van der Waals surface area contributed by atoms with Crippen molar-refractivity contribution in [3.05, 3.63) is 90.0 Å². The van der Waals surface area contributed by atoms with Crippen LogP contribution in [0.4, 0.5) is 5.69 Å². The van der Waals surface area contributed by atoms with Gasteiger partial charge in [0.25, 0.3) is 5.91 Å². The van der Waals surface area contributed by atoms with Crippen LogP contribution < -0.4 is 10.1 Å². The molecule has 0 aliphatic rings. The van der Waals surface area contributed by atoms with E-state index in [1.807, 2.05) is 73.0 Å². The number of ether oxygens (including phenoxy) is 1. The van der Waals surface area contributed by atoms with Crippen LogP contribution in [0.15, 0.2) is 83.8 Å². The van der Waals surface area contributed by atoms with Gasteiger partial charge in [0.05, 0.1) is 5.69 Å². The molecule has 0 fully saturated rings. The second kappa shape index (κ2) is 8.40. The van der Waals surface area contributed by atoms with Crippen LogP contribution in [-0.4, -0.2) is 12.2 Å². The standard InChI is InChI=1S/C21H19NO2S/c1-25-20-13-6-5-12-19(20)22-21(23)17-10-7-11-18(14-17)24-15-16-8-3-2-4-9-16/h2-14H,15H2,1H3,(H,22,23). The molecule has 0 saturated heterocycles. The smallest absolute Gasteiger partial charge is 0.255 e. The fraction of sp³-hybridized carbons (Fsp3) is 0.0952. The van der Waals surface area contributed by atoms with Crippen LogP contribution in [0, 0.1) is 0 Å². The topological polar surface area (TPSA) is 38.3 Å². The Morgan fingerprint density at radius 1 is 0.960 bits per heavy atom. The molecule has 126 valence electrons. The number of hydrogen-bond acceptors (Lipinski definition) is 3. The average Bonchev–Trinajstić information content (AvgIpc) is 2.68. The zero-order chi connectivity index (χ0) is 17.5. The van der Waals surface area contributed by atoms with Gasteiger partial charge in [-0.15, -0.1) is 11.8 Å². The zero-order valence-corrected chi connectivity index (χ0v) is 14.8. The second-order valence-corrected chi connectivity index (χ2v) is 6.30. The molecule has 0 spiro atoms. The van der Waals surface area contributed by atoms with Gasteiger partial charge in [-0.25, -0.2) is 0 Å². The van der Waals surface area contributed by atoms with Gasteiger partial charge in [0, 0.05) is 10.5 Å². The van der Waals surface area contributed by atoms with E-state index in [2.05, 4.69) is 5.32 Å².